The minimum absolute atomic E-state index is 0.0119. The molecule has 0 amide bonds. The zero-order valence-electron chi connectivity index (χ0n) is 13.9. The number of sulfonamides is 1. The van der Waals surface area contributed by atoms with E-state index in [2.05, 4.69) is 0 Å². The third kappa shape index (κ3) is 3.17. The molecule has 1 atom stereocenters. The Bertz CT molecular complexity index is 926. The Hall–Kier alpha value is -2.25. The number of benzene rings is 2. The van der Waals surface area contributed by atoms with E-state index in [0.29, 0.717) is 5.56 Å². The molecule has 0 aromatic heterocycles. The number of carbonyl (C=O) groups excluding carboxylic acids is 1. The molecule has 0 saturated carbocycles. The van der Waals surface area contributed by atoms with E-state index in [4.69, 9.17) is 4.74 Å². The summed E-state index contributed by atoms with van der Waals surface area (Å²) in [6.45, 7) is 1.59. The van der Waals surface area contributed by atoms with Crippen molar-refractivity contribution in [2.45, 2.75) is 30.8 Å². The molecular weight excluding hydrogens is 345 g/mol. The summed E-state index contributed by atoms with van der Waals surface area (Å²) in [5, 5.41) is 0. The molecule has 0 saturated heterocycles. The number of nitrogens with zero attached hydrogens (tertiary/aromatic N) is 1. The van der Waals surface area contributed by atoms with E-state index in [-0.39, 0.29) is 17.9 Å². The second-order valence-corrected chi connectivity index (χ2v) is 7.83. The second-order valence-electron chi connectivity index (χ2n) is 5.97. The van der Waals surface area contributed by atoms with Gasteiger partial charge in [0.1, 0.15) is 11.9 Å². The number of ether oxygens (including phenoxy) is 1. The monoisotopic (exact) mass is 363 g/mol. The Morgan fingerprint density at radius 2 is 1.88 bits per heavy atom. The van der Waals surface area contributed by atoms with Gasteiger partial charge in [-0.1, -0.05) is 24.3 Å². The van der Waals surface area contributed by atoms with Gasteiger partial charge in [-0.05, 0) is 41.8 Å². The molecule has 1 aliphatic heterocycles. The van der Waals surface area contributed by atoms with Crippen LogP contribution in [0.3, 0.4) is 0 Å². The number of aryl methyl sites for hydroxylation is 1. The number of hydrogen-bond donors (Lipinski definition) is 0. The fourth-order valence-corrected chi connectivity index (χ4v) is 4.88. The van der Waals surface area contributed by atoms with E-state index in [1.165, 1.54) is 20.1 Å². The van der Waals surface area contributed by atoms with Crippen molar-refractivity contribution in [2.24, 2.45) is 0 Å². The fourth-order valence-electron chi connectivity index (χ4n) is 3.12. The van der Waals surface area contributed by atoms with Crippen LogP contribution in [0.2, 0.25) is 0 Å². The summed E-state index contributed by atoms with van der Waals surface area (Å²) in [7, 11) is -2.76. The Morgan fingerprint density at radius 1 is 1.20 bits per heavy atom. The molecule has 3 rings (SSSR count). The highest BCUT2D eigenvalue weighted by atomic mass is 32.2. The van der Waals surface area contributed by atoms with Crippen LogP contribution in [0.5, 0.6) is 0 Å². The lowest BCUT2D eigenvalue weighted by atomic mass is 9.96. The molecule has 1 heterocycles. The van der Waals surface area contributed by atoms with Gasteiger partial charge in [0.2, 0.25) is 10.0 Å². The molecule has 1 aliphatic rings. The predicted molar refractivity (Wildman–Crippen MR) is 89.8 cm³/mol. The summed E-state index contributed by atoms with van der Waals surface area (Å²) < 4.78 is 45.6. The SMILES string of the molecule is COC(=O)C1Cc2ccccc2CN1S(=O)(=O)c1ccc(F)cc1C. The summed E-state index contributed by atoms with van der Waals surface area (Å²) in [6.07, 6.45) is 0.238. The van der Waals surface area contributed by atoms with Gasteiger partial charge in [0.15, 0.2) is 0 Å². The van der Waals surface area contributed by atoms with E-state index in [0.717, 1.165) is 27.6 Å². The van der Waals surface area contributed by atoms with Gasteiger partial charge < -0.3 is 4.74 Å². The summed E-state index contributed by atoms with van der Waals surface area (Å²) in [5.41, 5.74) is 2.05. The molecule has 5 nitrogen and oxygen atoms in total. The average Bonchev–Trinajstić information content (AvgIpc) is 2.59. The molecule has 25 heavy (non-hydrogen) atoms. The van der Waals surface area contributed by atoms with E-state index < -0.39 is 27.9 Å². The van der Waals surface area contributed by atoms with Gasteiger partial charge in [0, 0.05) is 13.0 Å². The molecule has 0 radical (unpaired) electrons. The van der Waals surface area contributed by atoms with Crippen molar-refractivity contribution in [1.82, 2.24) is 4.31 Å². The first-order valence-electron chi connectivity index (χ1n) is 7.77. The summed E-state index contributed by atoms with van der Waals surface area (Å²) in [4.78, 5) is 12.2. The van der Waals surface area contributed by atoms with Gasteiger partial charge in [0.05, 0.1) is 12.0 Å². The van der Waals surface area contributed by atoms with E-state index >= 15 is 0 Å². The third-order valence-electron chi connectivity index (χ3n) is 4.40. The molecule has 7 heteroatoms. The van der Waals surface area contributed by atoms with Crippen molar-refractivity contribution in [3.8, 4) is 0 Å². The lowest BCUT2D eigenvalue weighted by Crippen LogP contribution is -2.49. The first-order chi connectivity index (χ1) is 11.8. The quantitative estimate of drug-likeness (QED) is 0.786. The molecule has 1 unspecified atom stereocenters. The predicted octanol–water partition coefficient (Wildman–Crippen LogP) is 2.42. The van der Waals surface area contributed by atoms with Crippen molar-refractivity contribution in [1.29, 1.82) is 0 Å². The molecule has 0 spiro atoms. The maximum atomic E-state index is 13.4. The number of esters is 1. The largest absolute Gasteiger partial charge is 0.468 e. The summed E-state index contributed by atoms with van der Waals surface area (Å²) >= 11 is 0. The number of hydrogen-bond acceptors (Lipinski definition) is 4. The van der Waals surface area contributed by atoms with E-state index in [1.807, 2.05) is 24.3 Å². The van der Waals surface area contributed by atoms with Gasteiger partial charge in [0.25, 0.3) is 0 Å². The highest BCUT2D eigenvalue weighted by Gasteiger charge is 2.40. The summed E-state index contributed by atoms with van der Waals surface area (Å²) in [6, 6.07) is 9.93. The number of carbonyl (C=O) groups is 1. The van der Waals surface area contributed by atoms with Crippen LogP contribution in [-0.2, 0) is 32.5 Å². The molecule has 0 bridgehead atoms. The smallest absolute Gasteiger partial charge is 0.324 e. The standard InChI is InChI=1S/C18H18FNO4S/c1-12-9-15(19)7-8-17(12)25(22,23)20-11-14-6-4-3-5-13(14)10-16(20)18(21)24-2/h3-9,16H,10-11H2,1-2H3. The molecule has 132 valence electrons. The topological polar surface area (TPSA) is 63.7 Å². The van der Waals surface area contributed by atoms with Crippen LogP contribution in [0.25, 0.3) is 0 Å². The van der Waals surface area contributed by atoms with Crippen molar-refractivity contribution < 1.29 is 22.3 Å². The van der Waals surface area contributed by atoms with Gasteiger partial charge in [-0.2, -0.15) is 4.31 Å². The molecule has 0 fully saturated rings. The van der Waals surface area contributed by atoms with Crippen LogP contribution >= 0.6 is 0 Å². The highest BCUT2D eigenvalue weighted by Crippen LogP contribution is 2.31. The van der Waals surface area contributed by atoms with E-state index in [9.17, 15) is 17.6 Å². The molecule has 2 aromatic rings. The van der Waals surface area contributed by atoms with E-state index in [1.54, 1.807) is 0 Å². The van der Waals surface area contributed by atoms with Crippen molar-refractivity contribution in [2.75, 3.05) is 7.11 Å². The maximum absolute atomic E-state index is 13.4. The number of halogens is 1. The lowest BCUT2D eigenvalue weighted by molar-refractivity contribution is -0.145. The van der Waals surface area contributed by atoms with Crippen molar-refractivity contribution in [3.05, 3.63) is 65.0 Å². The van der Waals surface area contributed by atoms with Gasteiger partial charge in [-0.3, -0.25) is 4.79 Å². The Kier molecular flexibility index (Phi) is 4.62. The minimum atomic E-state index is -3.99. The first-order valence-corrected chi connectivity index (χ1v) is 9.21. The molecule has 0 aliphatic carbocycles. The maximum Gasteiger partial charge on any atom is 0.324 e. The highest BCUT2D eigenvalue weighted by molar-refractivity contribution is 7.89. The Labute approximate surface area is 146 Å². The number of fused-ring (bicyclic) bond motifs is 1. The van der Waals surface area contributed by atoms with Crippen LogP contribution < -0.4 is 0 Å². The lowest BCUT2D eigenvalue weighted by Gasteiger charge is -2.34. The first kappa shape index (κ1) is 17.6. The van der Waals surface area contributed by atoms with Crippen LogP contribution in [0, 0.1) is 12.7 Å². The Balaban J connectivity index is 2.10. The van der Waals surface area contributed by atoms with Crippen LogP contribution in [-0.4, -0.2) is 31.8 Å². The Morgan fingerprint density at radius 3 is 2.52 bits per heavy atom. The molecule has 0 N–H and O–H groups in total. The number of methoxy groups -OCH3 is 1. The fraction of sp³-hybridized carbons (Fsp3) is 0.278. The van der Waals surface area contributed by atoms with Gasteiger partial charge in [-0.25, -0.2) is 12.8 Å². The third-order valence-corrected chi connectivity index (χ3v) is 6.42. The molecule has 2 aromatic carbocycles. The van der Waals surface area contributed by atoms with Gasteiger partial charge in [-0.15, -0.1) is 0 Å². The normalized spacial score (nSPS) is 17.8. The van der Waals surface area contributed by atoms with Crippen molar-refractivity contribution >= 4 is 16.0 Å². The zero-order valence-corrected chi connectivity index (χ0v) is 14.7. The number of rotatable bonds is 3. The van der Waals surface area contributed by atoms with Crippen molar-refractivity contribution in [3.63, 3.8) is 0 Å². The second kappa shape index (κ2) is 6.57. The van der Waals surface area contributed by atoms with Crippen LogP contribution in [0.4, 0.5) is 4.39 Å². The molecular formula is C18H18FNO4S. The van der Waals surface area contributed by atoms with Gasteiger partial charge >= 0.3 is 5.97 Å². The average molecular weight is 363 g/mol. The summed E-state index contributed by atoms with van der Waals surface area (Å²) in [5.74, 6) is -1.12. The van der Waals surface area contributed by atoms with Crippen LogP contribution in [0.1, 0.15) is 16.7 Å². The zero-order chi connectivity index (χ0) is 18.2. The minimum Gasteiger partial charge on any atom is -0.468 e. The van der Waals surface area contributed by atoms with Crippen LogP contribution in [0.15, 0.2) is 47.4 Å².